The van der Waals surface area contributed by atoms with Gasteiger partial charge in [-0.3, -0.25) is 4.98 Å². The third-order valence-corrected chi connectivity index (χ3v) is 7.64. The molecule has 174 valence electrons. The maximum absolute atomic E-state index is 13.5. The number of benzene rings is 1. The molecule has 3 heterocycles. The lowest BCUT2D eigenvalue weighted by Gasteiger charge is -2.34. The van der Waals surface area contributed by atoms with Gasteiger partial charge in [0.15, 0.2) is 5.82 Å². The van der Waals surface area contributed by atoms with E-state index in [1.165, 1.54) is 4.31 Å². The van der Waals surface area contributed by atoms with Crippen LogP contribution in [0.1, 0.15) is 32.3 Å². The highest BCUT2D eigenvalue weighted by molar-refractivity contribution is 7.89. The van der Waals surface area contributed by atoms with Gasteiger partial charge in [0, 0.05) is 44.1 Å². The van der Waals surface area contributed by atoms with Crippen molar-refractivity contribution in [3.05, 3.63) is 60.4 Å². The van der Waals surface area contributed by atoms with Crippen molar-refractivity contribution in [2.24, 2.45) is 0 Å². The zero-order valence-electron chi connectivity index (χ0n) is 19.2. The molecular formula is C24H29N5O3S. The molecule has 8 nitrogen and oxygen atoms in total. The fourth-order valence-corrected chi connectivity index (χ4v) is 5.41. The third-order valence-electron chi connectivity index (χ3n) is 5.72. The van der Waals surface area contributed by atoms with Crippen molar-refractivity contribution in [3.63, 3.8) is 0 Å². The lowest BCUT2D eigenvalue weighted by Crippen LogP contribution is -2.49. The van der Waals surface area contributed by atoms with Gasteiger partial charge in [-0.05, 0) is 54.8 Å². The van der Waals surface area contributed by atoms with Gasteiger partial charge in [-0.25, -0.2) is 8.42 Å². The van der Waals surface area contributed by atoms with E-state index in [0.29, 0.717) is 38.5 Å². The van der Waals surface area contributed by atoms with Crippen LogP contribution in [0.2, 0.25) is 0 Å². The van der Waals surface area contributed by atoms with Crippen LogP contribution in [-0.4, -0.2) is 60.7 Å². The number of rotatable bonds is 7. The standard InChI is InChI=1S/C24H29N5O3S/c1-4-32-22-9-7-19(18(2)3)16-23(22)33(30,31)29-14-12-28(13-15-29)24-10-8-21(26-27-24)20-6-5-11-25-17-20/h5-11,16-18H,4,12-15H2,1-3H3. The SMILES string of the molecule is CCOc1ccc(C(C)C)cc1S(=O)(=O)N1CCN(c2ccc(-c3cccnc3)nn2)CC1. The molecule has 0 aliphatic carbocycles. The molecule has 1 aliphatic rings. The maximum atomic E-state index is 13.5. The van der Waals surface area contributed by atoms with Gasteiger partial charge < -0.3 is 9.64 Å². The fraction of sp³-hybridized carbons (Fsp3) is 0.375. The highest BCUT2D eigenvalue weighted by atomic mass is 32.2. The summed E-state index contributed by atoms with van der Waals surface area (Å²) in [5, 5.41) is 8.67. The first-order valence-corrected chi connectivity index (χ1v) is 12.6. The summed E-state index contributed by atoms with van der Waals surface area (Å²) >= 11 is 0. The van der Waals surface area contributed by atoms with Gasteiger partial charge in [0.25, 0.3) is 0 Å². The first-order chi connectivity index (χ1) is 15.9. The van der Waals surface area contributed by atoms with E-state index in [1.54, 1.807) is 24.5 Å². The van der Waals surface area contributed by atoms with Gasteiger partial charge in [0.2, 0.25) is 10.0 Å². The molecule has 1 fully saturated rings. The number of hydrogen-bond donors (Lipinski definition) is 0. The van der Waals surface area contributed by atoms with E-state index in [0.717, 1.165) is 22.6 Å². The molecule has 0 unspecified atom stereocenters. The summed E-state index contributed by atoms with van der Waals surface area (Å²) in [4.78, 5) is 6.41. The van der Waals surface area contributed by atoms with Gasteiger partial charge >= 0.3 is 0 Å². The Morgan fingerprint density at radius 2 is 1.82 bits per heavy atom. The van der Waals surface area contributed by atoms with Crippen molar-refractivity contribution in [2.45, 2.75) is 31.6 Å². The van der Waals surface area contributed by atoms with Crippen molar-refractivity contribution in [3.8, 4) is 17.0 Å². The highest BCUT2D eigenvalue weighted by Crippen LogP contribution is 2.31. The van der Waals surface area contributed by atoms with Crippen molar-refractivity contribution in [2.75, 3.05) is 37.7 Å². The molecule has 0 spiro atoms. The Labute approximate surface area is 195 Å². The molecule has 0 atom stereocenters. The summed E-state index contributed by atoms with van der Waals surface area (Å²) < 4.78 is 34.2. The topological polar surface area (TPSA) is 88.5 Å². The Morgan fingerprint density at radius 3 is 2.42 bits per heavy atom. The van der Waals surface area contributed by atoms with Gasteiger partial charge in [-0.2, -0.15) is 4.31 Å². The van der Waals surface area contributed by atoms with Crippen LogP contribution >= 0.6 is 0 Å². The number of ether oxygens (including phenoxy) is 1. The number of aromatic nitrogens is 3. The van der Waals surface area contributed by atoms with Crippen LogP contribution in [-0.2, 0) is 10.0 Å². The molecule has 0 saturated carbocycles. The van der Waals surface area contributed by atoms with E-state index in [-0.39, 0.29) is 10.8 Å². The van der Waals surface area contributed by atoms with Crippen molar-refractivity contribution < 1.29 is 13.2 Å². The molecule has 1 saturated heterocycles. The molecule has 1 aliphatic heterocycles. The average molecular weight is 468 g/mol. The minimum Gasteiger partial charge on any atom is -0.492 e. The molecule has 1 aromatic carbocycles. The quantitative estimate of drug-likeness (QED) is 0.525. The normalized spacial score (nSPS) is 15.1. The van der Waals surface area contributed by atoms with E-state index in [1.807, 2.05) is 51.1 Å². The monoisotopic (exact) mass is 467 g/mol. The first kappa shape index (κ1) is 23.1. The van der Waals surface area contributed by atoms with E-state index in [2.05, 4.69) is 20.1 Å². The van der Waals surface area contributed by atoms with Crippen LogP contribution in [0.25, 0.3) is 11.3 Å². The Morgan fingerprint density at radius 1 is 1.03 bits per heavy atom. The molecule has 2 aromatic heterocycles. The summed E-state index contributed by atoms with van der Waals surface area (Å²) in [6, 6.07) is 13.1. The fourth-order valence-electron chi connectivity index (χ4n) is 3.82. The predicted molar refractivity (Wildman–Crippen MR) is 128 cm³/mol. The smallest absolute Gasteiger partial charge is 0.246 e. The summed E-state index contributed by atoms with van der Waals surface area (Å²) in [6.07, 6.45) is 3.47. The van der Waals surface area contributed by atoms with Gasteiger partial charge in [-0.1, -0.05) is 19.9 Å². The van der Waals surface area contributed by atoms with Crippen LogP contribution < -0.4 is 9.64 Å². The molecule has 33 heavy (non-hydrogen) atoms. The second-order valence-corrected chi connectivity index (χ2v) is 10.1. The van der Waals surface area contributed by atoms with Crippen LogP contribution in [0.15, 0.2) is 59.8 Å². The minimum absolute atomic E-state index is 0.222. The molecular weight excluding hydrogens is 438 g/mol. The Balaban J connectivity index is 1.49. The number of pyridine rings is 1. The molecule has 4 rings (SSSR count). The average Bonchev–Trinajstić information content (AvgIpc) is 2.85. The summed E-state index contributed by atoms with van der Waals surface area (Å²) in [6.45, 7) is 8.16. The second kappa shape index (κ2) is 9.84. The Bertz CT molecular complexity index is 1180. The lowest BCUT2D eigenvalue weighted by atomic mass is 10.0. The zero-order chi connectivity index (χ0) is 23.4. The largest absolute Gasteiger partial charge is 0.492 e. The van der Waals surface area contributed by atoms with E-state index >= 15 is 0 Å². The molecule has 0 bridgehead atoms. The van der Waals surface area contributed by atoms with Gasteiger partial charge in [0.1, 0.15) is 10.6 Å². The zero-order valence-corrected chi connectivity index (χ0v) is 20.0. The predicted octanol–water partition coefficient (Wildman–Crippen LogP) is 3.57. The first-order valence-electron chi connectivity index (χ1n) is 11.2. The molecule has 3 aromatic rings. The van der Waals surface area contributed by atoms with Gasteiger partial charge in [0.05, 0.1) is 12.3 Å². The van der Waals surface area contributed by atoms with E-state index < -0.39 is 10.0 Å². The summed E-state index contributed by atoms with van der Waals surface area (Å²) in [5.41, 5.74) is 2.63. The van der Waals surface area contributed by atoms with Crippen molar-refractivity contribution in [1.29, 1.82) is 0 Å². The van der Waals surface area contributed by atoms with Crippen LogP contribution in [0.4, 0.5) is 5.82 Å². The molecule has 0 amide bonds. The molecule has 9 heteroatoms. The molecule has 0 radical (unpaired) electrons. The van der Waals surface area contributed by atoms with Crippen molar-refractivity contribution >= 4 is 15.8 Å². The van der Waals surface area contributed by atoms with E-state index in [9.17, 15) is 8.42 Å². The van der Waals surface area contributed by atoms with Crippen LogP contribution in [0, 0.1) is 0 Å². The number of anilines is 1. The van der Waals surface area contributed by atoms with Gasteiger partial charge in [-0.15, -0.1) is 10.2 Å². The number of piperazine rings is 1. The molecule has 0 N–H and O–H groups in total. The third kappa shape index (κ3) is 4.99. The lowest BCUT2D eigenvalue weighted by molar-refractivity contribution is 0.327. The maximum Gasteiger partial charge on any atom is 0.246 e. The Kier molecular flexibility index (Phi) is 6.90. The summed E-state index contributed by atoms with van der Waals surface area (Å²) in [7, 11) is -3.68. The number of nitrogens with zero attached hydrogens (tertiary/aromatic N) is 5. The number of sulfonamides is 1. The van der Waals surface area contributed by atoms with Crippen LogP contribution in [0.3, 0.4) is 0 Å². The number of hydrogen-bond acceptors (Lipinski definition) is 7. The van der Waals surface area contributed by atoms with Crippen molar-refractivity contribution in [1.82, 2.24) is 19.5 Å². The second-order valence-electron chi connectivity index (χ2n) is 8.20. The van der Waals surface area contributed by atoms with Crippen LogP contribution in [0.5, 0.6) is 5.75 Å². The minimum atomic E-state index is -3.68. The van der Waals surface area contributed by atoms with E-state index in [4.69, 9.17) is 4.74 Å². The summed E-state index contributed by atoms with van der Waals surface area (Å²) in [5.74, 6) is 1.36. The Hall–Kier alpha value is -3.04. The highest BCUT2D eigenvalue weighted by Gasteiger charge is 2.31.